The molecular formula is C15H16N2OS. The highest BCUT2D eigenvalue weighted by Gasteiger charge is 2.08. The summed E-state index contributed by atoms with van der Waals surface area (Å²) in [4.78, 5) is 2.05. The molecule has 0 heterocycles. The molecule has 2 rings (SSSR count). The highest BCUT2D eigenvalue weighted by atomic mass is 32.2. The van der Waals surface area contributed by atoms with Gasteiger partial charge in [0, 0.05) is 15.4 Å². The first-order valence-electron chi connectivity index (χ1n) is 5.87. The van der Waals surface area contributed by atoms with Gasteiger partial charge in [-0.05, 0) is 42.8 Å². The van der Waals surface area contributed by atoms with Crippen molar-refractivity contribution in [2.75, 3.05) is 7.11 Å². The number of nitrogens with two attached hydrogens (primary N) is 1. The summed E-state index contributed by atoms with van der Waals surface area (Å²) in [5, 5.41) is 7.63. The predicted molar refractivity (Wildman–Crippen MR) is 79.3 cm³/mol. The van der Waals surface area contributed by atoms with Gasteiger partial charge in [0.15, 0.2) is 0 Å². The molecule has 3 nitrogen and oxygen atoms in total. The molecule has 19 heavy (non-hydrogen) atoms. The van der Waals surface area contributed by atoms with E-state index in [1.165, 1.54) is 0 Å². The van der Waals surface area contributed by atoms with Crippen LogP contribution in [0.2, 0.25) is 0 Å². The molecule has 0 radical (unpaired) electrons. The minimum absolute atomic E-state index is 0.0883. The Kier molecular flexibility index (Phi) is 4.12. The molecule has 0 amide bonds. The smallest absolute Gasteiger partial charge is 0.123 e. The lowest BCUT2D eigenvalue weighted by Gasteiger charge is -2.09. The Balaban J connectivity index is 2.36. The van der Waals surface area contributed by atoms with Crippen molar-refractivity contribution in [3.8, 4) is 5.75 Å². The van der Waals surface area contributed by atoms with Crippen LogP contribution in [0, 0.1) is 12.3 Å². The van der Waals surface area contributed by atoms with E-state index in [9.17, 15) is 0 Å². The van der Waals surface area contributed by atoms with Crippen molar-refractivity contribution < 1.29 is 4.74 Å². The Bertz CT molecular complexity index is 611. The summed E-state index contributed by atoms with van der Waals surface area (Å²) in [6.07, 6.45) is 0. The second kappa shape index (κ2) is 5.80. The van der Waals surface area contributed by atoms with Crippen LogP contribution >= 0.6 is 11.8 Å². The maximum Gasteiger partial charge on any atom is 0.123 e. The second-order valence-electron chi connectivity index (χ2n) is 4.19. The van der Waals surface area contributed by atoms with Crippen LogP contribution in [0.25, 0.3) is 0 Å². The monoisotopic (exact) mass is 272 g/mol. The quantitative estimate of drug-likeness (QED) is 0.662. The molecule has 0 fully saturated rings. The van der Waals surface area contributed by atoms with Gasteiger partial charge in [-0.25, -0.2) is 0 Å². The van der Waals surface area contributed by atoms with E-state index in [2.05, 4.69) is 0 Å². The van der Waals surface area contributed by atoms with Crippen LogP contribution in [0.4, 0.5) is 0 Å². The van der Waals surface area contributed by atoms with Crippen molar-refractivity contribution in [1.82, 2.24) is 0 Å². The van der Waals surface area contributed by atoms with Crippen LogP contribution < -0.4 is 10.5 Å². The Labute approximate surface area is 117 Å². The molecule has 98 valence electrons. The molecule has 0 aliphatic rings. The molecule has 0 aromatic heterocycles. The Hall–Kier alpha value is -1.94. The van der Waals surface area contributed by atoms with E-state index in [1.807, 2.05) is 49.4 Å². The maximum atomic E-state index is 7.63. The maximum absolute atomic E-state index is 7.63. The molecule has 0 unspecified atom stereocenters. The van der Waals surface area contributed by atoms with Gasteiger partial charge < -0.3 is 10.5 Å². The van der Waals surface area contributed by atoms with Gasteiger partial charge in [0.1, 0.15) is 11.6 Å². The zero-order valence-electron chi connectivity index (χ0n) is 10.9. The summed E-state index contributed by atoms with van der Waals surface area (Å²) in [6.45, 7) is 2.03. The van der Waals surface area contributed by atoms with Crippen LogP contribution in [0.15, 0.2) is 52.3 Å². The molecule has 2 aromatic rings. The molecule has 0 aliphatic carbocycles. The number of rotatable bonds is 4. The van der Waals surface area contributed by atoms with Crippen molar-refractivity contribution in [2.24, 2.45) is 5.73 Å². The van der Waals surface area contributed by atoms with Gasteiger partial charge in [0.25, 0.3) is 0 Å². The van der Waals surface area contributed by atoms with Crippen LogP contribution in [0.1, 0.15) is 11.1 Å². The summed E-state index contributed by atoms with van der Waals surface area (Å²) >= 11 is 1.59. The fourth-order valence-electron chi connectivity index (χ4n) is 1.73. The average Bonchev–Trinajstić information content (AvgIpc) is 2.38. The Morgan fingerprint density at radius 1 is 1.21 bits per heavy atom. The molecule has 0 atom stereocenters. The summed E-state index contributed by atoms with van der Waals surface area (Å²) < 4.78 is 5.21. The number of methoxy groups -OCH3 is 1. The molecule has 3 N–H and O–H groups in total. The molecule has 2 aromatic carbocycles. The third-order valence-electron chi connectivity index (χ3n) is 2.70. The SMILES string of the molecule is COc1cccc(Sc2cc(C)ccc2C(=N)N)c1. The molecule has 0 saturated carbocycles. The molecular weight excluding hydrogens is 256 g/mol. The lowest BCUT2D eigenvalue weighted by atomic mass is 10.1. The number of nitrogen functional groups attached to an aromatic ring is 1. The normalized spacial score (nSPS) is 10.2. The van der Waals surface area contributed by atoms with Crippen molar-refractivity contribution in [2.45, 2.75) is 16.7 Å². The van der Waals surface area contributed by atoms with Crippen molar-refractivity contribution in [3.05, 3.63) is 53.6 Å². The topological polar surface area (TPSA) is 59.1 Å². The van der Waals surface area contributed by atoms with Gasteiger partial charge in [0.2, 0.25) is 0 Å². The summed E-state index contributed by atoms with van der Waals surface area (Å²) in [6, 6.07) is 13.7. The number of aryl methyl sites for hydroxylation is 1. The lowest BCUT2D eigenvalue weighted by molar-refractivity contribution is 0.413. The summed E-state index contributed by atoms with van der Waals surface area (Å²) in [5.74, 6) is 0.910. The van der Waals surface area contributed by atoms with Crippen molar-refractivity contribution >= 4 is 17.6 Å². The van der Waals surface area contributed by atoms with Crippen LogP contribution in [-0.4, -0.2) is 12.9 Å². The summed E-state index contributed by atoms with van der Waals surface area (Å²) in [5.41, 5.74) is 7.53. The van der Waals surface area contributed by atoms with E-state index >= 15 is 0 Å². The molecule has 4 heteroatoms. The fraction of sp³-hybridized carbons (Fsp3) is 0.133. The van der Waals surface area contributed by atoms with Gasteiger partial charge in [0.05, 0.1) is 7.11 Å². The summed E-state index contributed by atoms with van der Waals surface area (Å²) in [7, 11) is 1.65. The number of hydrogen-bond donors (Lipinski definition) is 2. The van der Waals surface area contributed by atoms with Gasteiger partial charge in [-0.1, -0.05) is 23.9 Å². The largest absolute Gasteiger partial charge is 0.497 e. The second-order valence-corrected chi connectivity index (χ2v) is 5.31. The lowest BCUT2D eigenvalue weighted by Crippen LogP contribution is -2.12. The highest BCUT2D eigenvalue weighted by molar-refractivity contribution is 7.99. The van der Waals surface area contributed by atoms with E-state index in [1.54, 1.807) is 18.9 Å². The minimum atomic E-state index is 0.0883. The number of benzene rings is 2. The van der Waals surface area contributed by atoms with Crippen LogP contribution in [0.5, 0.6) is 5.75 Å². The number of ether oxygens (including phenoxy) is 1. The molecule has 0 spiro atoms. The number of amidine groups is 1. The van der Waals surface area contributed by atoms with Gasteiger partial charge in [-0.3, -0.25) is 5.41 Å². The first-order chi connectivity index (χ1) is 9.10. The third kappa shape index (κ3) is 3.29. The van der Waals surface area contributed by atoms with Crippen molar-refractivity contribution in [3.63, 3.8) is 0 Å². The number of hydrogen-bond acceptors (Lipinski definition) is 3. The zero-order chi connectivity index (χ0) is 13.8. The third-order valence-corrected chi connectivity index (χ3v) is 3.74. The van der Waals surface area contributed by atoms with Crippen LogP contribution in [-0.2, 0) is 0 Å². The zero-order valence-corrected chi connectivity index (χ0v) is 11.8. The minimum Gasteiger partial charge on any atom is -0.497 e. The molecule has 0 aliphatic heterocycles. The van der Waals surface area contributed by atoms with Gasteiger partial charge >= 0.3 is 0 Å². The first-order valence-corrected chi connectivity index (χ1v) is 6.69. The molecule has 0 saturated heterocycles. The van der Waals surface area contributed by atoms with E-state index in [0.717, 1.165) is 26.7 Å². The van der Waals surface area contributed by atoms with Crippen molar-refractivity contribution in [1.29, 1.82) is 5.41 Å². The van der Waals surface area contributed by atoms with E-state index in [-0.39, 0.29) is 5.84 Å². The first kappa shape index (κ1) is 13.5. The van der Waals surface area contributed by atoms with E-state index < -0.39 is 0 Å². The van der Waals surface area contributed by atoms with Gasteiger partial charge in [-0.15, -0.1) is 0 Å². The standard InChI is InChI=1S/C15H16N2OS/c1-10-6-7-13(15(16)17)14(8-10)19-12-5-3-4-11(9-12)18-2/h3-9H,1-2H3,(H3,16,17). The van der Waals surface area contributed by atoms with Gasteiger partial charge in [-0.2, -0.15) is 0 Å². The van der Waals surface area contributed by atoms with E-state index in [0.29, 0.717) is 0 Å². The average molecular weight is 272 g/mol. The van der Waals surface area contributed by atoms with Crippen LogP contribution in [0.3, 0.4) is 0 Å². The fourth-order valence-corrected chi connectivity index (χ4v) is 2.84. The Morgan fingerprint density at radius 3 is 2.68 bits per heavy atom. The highest BCUT2D eigenvalue weighted by Crippen LogP contribution is 2.32. The Morgan fingerprint density at radius 2 is 2.00 bits per heavy atom. The predicted octanol–water partition coefficient (Wildman–Crippen LogP) is 3.44. The van der Waals surface area contributed by atoms with E-state index in [4.69, 9.17) is 15.9 Å². The number of nitrogens with one attached hydrogen (secondary N) is 1. The molecule has 0 bridgehead atoms.